The second-order valence-electron chi connectivity index (χ2n) is 3.58. The molecular formula is C11H13F2N. The Morgan fingerprint density at radius 2 is 2.07 bits per heavy atom. The third-order valence-electron chi connectivity index (χ3n) is 2.67. The monoisotopic (exact) mass is 197 g/mol. The van der Waals surface area contributed by atoms with Crippen molar-refractivity contribution in [1.29, 1.82) is 0 Å². The van der Waals surface area contributed by atoms with E-state index in [2.05, 4.69) is 5.32 Å². The molecule has 0 saturated carbocycles. The van der Waals surface area contributed by atoms with E-state index in [1.54, 1.807) is 12.1 Å². The van der Waals surface area contributed by atoms with E-state index in [1.165, 1.54) is 6.07 Å². The lowest BCUT2D eigenvalue weighted by atomic mass is 9.99. The van der Waals surface area contributed by atoms with Crippen LogP contribution >= 0.6 is 0 Å². The van der Waals surface area contributed by atoms with Gasteiger partial charge in [0, 0.05) is 11.6 Å². The molecule has 1 saturated heterocycles. The van der Waals surface area contributed by atoms with Gasteiger partial charge in [0.05, 0.1) is 0 Å². The van der Waals surface area contributed by atoms with E-state index in [-0.39, 0.29) is 11.6 Å². The minimum Gasteiger partial charge on any atom is -0.310 e. The van der Waals surface area contributed by atoms with Crippen molar-refractivity contribution in [2.75, 3.05) is 6.54 Å². The first-order valence-electron chi connectivity index (χ1n) is 4.89. The van der Waals surface area contributed by atoms with Crippen LogP contribution in [0, 0.1) is 0 Å². The third kappa shape index (κ3) is 1.77. The van der Waals surface area contributed by atoms with E-state index in [0.717, 1.165) is 24.9 Å². The van der Waals surface area contributed by atoms with Crippen molar-refractivity contribution in [3.05, 3.63) is 35.4 Å². The molecule has 14 heavy (non-hydrogen) atoms. The Morgan fingerprint density at radius 1 is 1.29 bits per heavy atom. The number of halogens is 2. The Morgan fingerprint density at radius 3 is 2.71 bits per heavy atom. The van der Waals surface area contributed by atoms with Crippen molar-refractivity contribution in [3.8, 4) is 0 Å². The summed E-state index contributed by atoms with van der Waals surface area (Å²) in [4.78, 5) is 0. The normalized spacial score (nSPS) is 21.8. The van der Waals surface area contributed by atoms with E-state index in [0.29, 0.717) is 0 Å². The van der Waals surface area contributed by atoms with Crippen molar-refractivity contribution in [3.63, 3.8) is 0 Å². The SMILES string of the molecule is FC(F)c1ccccc1C1CCCN1. The summed E-state index contributed by atoms with van der Waals surface area (Å²) in [6, 6.07) is 6.92. The van der Waals surface area contributed by atoms with E-state index in [4.69, 9.17) is 0 Å². The number of alkyl halides is 2. The number of benzene rings is 1. The highest BCUT2D eigenvalue weighted by atomic mass is 19.3. The second-order valence-corrected chi connectivity index (χ2v) is 3.58. The highest BCUT2D eigenvalue weighted by Crippen LogP contribution is 2.31. The Balaban J connectivity index is 2.30. The van der Waals surface area contributed by atoms with Crippen LogP contribution in [0.2, 0.25) is 0 Å². The smallest absolute Gasteiger partial charge is 0.264 e. The molecule has 1 unspecified atom stereocenters. The molecular weight excluding hydrogens is 184 g/mol. The van der Waals surface area contributed by atoms with Crippen molar-refractivity contribution >= 4 is 0 Å². The van der Waals surface area contributed by atoms with Gasteiger partial charge in [0.1, 0.15) is 0 Å². The molecule has 1 fully saturated rings. The summed E-state index contributed by atoms with van der Waals surface area (Å²) in [7, 11) is 0. The number of hydrogen-bond donors (Lipinski definition) is 1. The summed E-state index contributed by atoms with van der Waals surface area (Å²) in [6.07, 6.45) is -0.333. The maximum Gasteiger partial charge on any atom is 0.264 e. The van der Waals surface area contributed by atoms with Crippen molar-refractivity contribution in [2.45, 2.75) is 25.3 Å². The van der Waals surface area contributed by atoms with Gasteiger partial charge < -0.3 is 5.32 Å². The predicted octanol–water partition coefficient (Wildman–Crippen LogP) is 3.05. The fourth-order valence-corrected chi connectivity index (χ4v) is 1.98. The van der Waals surface area contributed by atoms with Crippen molar-refractivity contribution in [1.82, 2.24) is 5.32 Å². The molecule has 1 atom stereocenters. The molecule has 0 spiro atoms. The Kier molecular flexibility index (Phi) is 2.77. The molecule has 76 valence electrons. The first kappa shape index (κ1) is 9.59. The van der Waals surface area contributed by atoms with Gasteiger partial charge in [0.2, 0.25) is 0 Å². The largest absolute Gasteiger partial charge is 0.310 e. The van der Waals surface area contributed by atoms with Gasteiger partial charge >= 0.3 is 0 Å². The first-order valence-corrected chi connectivity index (χ1v) is 4.89. The zero-order valence-corrected chi connectivity index (χ0v) is 7.84. The predicted molar refractivity (Wildman–Crippen MR) is 51.4 cm³/mol. The van der Waals surface area contributed by atoms with Gasteiger partial charge in [-0.25, -0.2) is 8.78 Å². The molecule has 0 bridgehead atoms. The second kappa shape index (κ2) is 4.05. The van der Waals surface area contributed by atoms with E-state index >= 15 is 0 Å². The average Bonchev–Trinajstić information content (AvgIpc) is 2.70. The standard InChI is InChI=1S/C11H13F2N/c12-11(13)9-5-2-1-4-8(9)10-6-3-7-14-10/h1-2,4-5,10-11,14H,3,6-7H2. The molecule has 1 aliphatic rings. The Labute approximate surface area is 82.1 Å². The minimum atomic E-state index is -2.37. The van der Waals surface area contributed by atoms with Gasteiger partial charge in [-0.3, -0.25) is 0 Å². The fraction of sp³-hybridized carbons (Fsp3) is 0.455. The molecule has 1 aromatic rings. The third-order valence-corrected chi connectivity index (χ3v) is 2.67. The van der Waals surface area contributed by atoms with Crippen LogP contribution in [0.25, 0.3) is 0 Å². The zero-order valence-electron chi connectivity index (χ0n) is 7.84. The first-order chi connectivity index (χ1) is 6.79. The quantitative estimate of drug-likeness (QED) is 0.768. The van der Waals surface area contributed by atoms with Crippen LogP contribution in [0.3, 0.4) is 0 Å². The maximum atomic E-state index is 12.7. The molecule has 0 aromatic heterocycles. The van der Waals surface area contributed by atoms with Gasteiger partial charge in [-0.1, -0.05) is 24.3 Å². The average molecular weight is 197 g/mol. The molecule has 1 aliphatic heterocycles. The summed E-state index contributed by atoms with van der Waals surface area (Å²) in [5.74, 6) is 0. The number of rotatable bonds is 2. The minimum absolute atomic E-state index is 0.125. The van der Waals surface area contributed by atoms with Crippen LogP contribution in [0.1, 0.15) is 36.4 Å². The lowest BCUT2D eigenvalue weighted by Gasteiger charge is -2.14. The topological polar surface area (TPSA) is 12.0 Å². The highest BCUT2D eigenvalue weighted by Gasteiger charge is 2.21. The molecule has 1 nitrogen and oxygen atoms in total. The summed E-state index contributed by atoms with van der Waals surface area (Å²) >= 11 is 0. The van der Waals surface area contributed by atoms with E-state index in [9.17, 15) is 8.78 Å². The van der Waals surface area contributed by atoms with Crippen LogP contribution in [-0.2, 0) is 0 Å². The lowest BCUT2D eigenvalue weighted by Crippen LogP contribution is -2.14. The lowest BCUT2D eigenvalue weighted by molar-refractivity contribution is 0.149. The molecule has 0 radical (unpaired) electrons. The van der Waals surface area contributed by atoms with Gasteiger partial charge in [-0.05, 0) is 24.9 Å². The van der Waals surface area contributed by atoms with Crippen LogP contribution < -0.4 is 5.32 Å². The molecule has 2 rings (SSSR count). The molecule has 0 aliphatic carbocycles. The summed E-state index contributed by atoms with van der Waals surface area (Å²) in [5.41, 5.74) is 0.937. The Bertz CT molecular complexity index is 306. The van der Waals surface area contributed by atoms with Crippen molar-refractivity contribution < 1.29 is 8.78 Å². The molecule has 3 heteroatoms. The van der Waals surface area contributed by atoms with E-state index in [1.807, 2.05) is 6.07 Å². The van der Waals surface area contributed by atoms with Crippen LogP contribution in [-0.4, -0.2) is 6.54 Å². The highest BCUT2D eigenvalue weighted by molar-refractivity contribution is 5.31. The molecule has 1 aromatic carbocycles. The van der Waals surface area contributed by atoms with Gasteiger partial charge in [-0.2, -0.15) is 0 Å². The number of nitrogens with one attached hydrogen (secondary N) is 1. The zero-order chi connectivity index (χ0) is 9.97. The summed E-state index contributed by atoms with van der Waals surface area (Å²) < 4.78 is 25.3. The maximum absolute atomic E-state index is 12.7. The molecule has 1 heterocycles. The summed E-state index contributed by atoms with van der Waals surface area (Å²) in [5, 5.41) is 3.23. The molecule has 1 N–H and O–H groups in total. The van der Waals surface area contributed by atoms with Crippen molar-refractivity contribution in [2.24, 2.45) is 0 Å². The van der Waals surface area contributed by atoms with Gasteiger partial charge in [0.15, 0.2) is 0 Å². The Hall–Kier alpha value is -0.960. The fourth-order valence-electron chi connectivity index (χ4n) is 1.98. The summed E-state index contributed by atoms with van der Waals surface area (Å²) in [6.45, 7) is 0.933. The van der Waals surface area contributed by atoms with Crippen LogP contribution in [0.15, 0.2) is 24.3 Å². The molecule has 0 amide bonds. The van der Waals surface area contributed by atoms with Crippen LogP contribution in [0.4, 0.5) is 8.78 Å². The van der Waals surface area contributed by atoms with Crippen LogP contribution in [0.5, 0.6) is 0 Å². The van der Waals surface area contributed by atoms with E-state index < -0.39 is 6.43 Å². The van der Waals surface area contributed by atoms with Gasteiger partial charge in [-0.15, -0.1) is 0 Å². The van der Waals surface area contributed by atoms with Gasteiger partial charge in [0.25, 0.3) is 6.43 Å². The number of hydrogen-bond acceptors (Lipinski definition) is 1.